The van der Waals surface area contributed by atoms with Crippen molar-refractivity contribution in [1.29, 1.82) is 0 Å². The normalized spacial score (nSPS) is 18.5. The number of nitrogens with zero attached hydrogens (tertiary/aromatic N) is 4. The van der Waals surface area contributed by atoms with Crippen molar-refractivity contribution in [2.75, 3.05) is 6.54 Å². The van der Waals surface area contributed by atoms with Gasteiger partial charge in [-0.25, -0.2) is 23.5 Å². The highest BCUT2D eigenvalue weighted by Gasteiger charge is 2.29. The van der Waals surface area contributed by atoms with E-state index in [4.69, 9.17) is 4.42 Å². The first-order valence-corrected chi connectivity index (χ1v) is 13.0. The quantitative estimate of drug-likeness (QED) is 0.377. The fourth-order valence-electron chi connectivity index (χ4n) is 5.45. The average Bonchev–Trinajstić information content (AvgIpc) is 3.17. The molecule has 38 heavy (non-hydrogen) atoms. The van der Waals surface area contributed by atoms with E-state index in [0.717, 1.165) is 56.7 Å². The van der Waals surface area contributed by atoms with Crippen LogP contribution in [-0.2, 0) is 0 Å². The summed E-state index contributed by atoms with van der Waals surface area (Å²) in [6.07, 6.45) is 7.18. The molecule has 6 rings (SSSR count). The highest BCUT2D eigenvalue weighted by atomic mass is 19.1. The van der Waals surface area contributed by atoms with Crippen molar-refractivity contribution >= 4 is 28.5 Å². The van der Waals surface area contributed by atoms with Gasteiger partial charge in [-0.15, -0.1) is 0 Å². The maximum atomic E-state index is 15.6. The molecule has 1 saturated heterocycles. The number of aromatic nitrogens is 3. The number of amides is 1. The number of carbonyl (C=O) groups excluding carboxylic acids is 1. The van der Waals surface area contributed by atoms with Gasteiger partial charge in [-0.2, -0.15) is 5.10 Å². The third-order valence-corrected chi connectivity index (χ3v) is 7.86. The van der Waals surface area contributed by atoms with Gasteiger partial charge in [-0.3, -0.25) is 4.79 Å². The lowest BCUT2D eigenvalue weighted by atomic mass is 9.82. The van der Waals surface area contributed by atoms with E-state index in [1.807, 2.05) is 11.0 Å². The summed E-state index contributed by atoms with van der Waals surface area (Å²) in [6.45, 7) is 2.78. The van der Waals surface area contributed by atoms with Crippen LogP contribution in [0.25, 0.3) is 27.9 Å². The van der Waals surface area contributed by atoms with Gasteiger partial charge in [-0.05, 0) is 50.8 Å². The Kier molecular flexibility index (Phi) is 5.97. The lowest BCUT2D eigenvalue weighted by molar-refractivity contribution is 0.0682. The molecule has 4 heterocycles. The second-order valence-corrected chi connectivity index (χ2v) is 10.3. The highest BCUT2D eigenvalue weighted by molar-refractivity contribution is 5.94. The molecule has 4 aromatic rings. The molecule has 0 spiro atoms. The number of carboxylic acids is 1. The summed E-state index contributed by atoms with van der Waals surface area (Å²) in [5.74, 6) is -2.13. The zero-order chi connectivity index (χ0) is 26.6. The predicted octanol–water partition coefficient (Wildman–Crippen LogP) is 5.01. The molecule has 1 atom stereocenters. The molecule has 1 aromatic carbocycles. The predicted molar refractivity (Wildman–Crippen MR) is 137 cm³/mol. The molecule has 1 amide bonds. The lowest BCUT2D eigenvalue weighted by Crippen LogP contribution is -2.38. The molecular weight excluding hydrogens is 491 g/mol. The Balaban J connectivity index is 1.46. The van der Waals surface area contributed by atoms with Crippen LogP contribution >= 0.6 is 0 Å². The molecule has 1 aliphatic heterocycles. The zero-order valence-corrected chi connectivity index (χ0v) is 20.9. The van der Waals surface area contributed by atoms with Gasteiger partial charge in [0, 0.05) is 41.2 Å². The minimum atomic E-state index is -1.44. The molecule has 0 radical (unpaired) electrons. The van der Waals surface area contributed by atoms with Crippen LogP contribution in [-0.4, -0.2) is 49.1 Å². The summed E-state index contributed by atoms with van der Waals surface area (Å²) < 4.78 is 22.3. The molecular formula is C28H27FN4O5. The number of carbonyl (C=O) groups is 2. The maximum Gasteiger partial charge on any atom is 0.351 e. The number of fused-ring (bicyclic) bond motifs is 2. The minimum Gasteiger partial charge on any atom is -0.477 e. The van der Waals surface area contributed by atoms with E-state index in [1.54, 1.807) is 10.6 Å². The summed E-state index contributed by atoms with van der Waals surface area (Å²) in [6, 6.07) is 7.65. The highest BCUT2D eigenvalue weighted by Crippen LogP contribution is 2.38. The Hall–Kier alpha value is -4.08. The smallest absolute Gasteiger partial charge is 0.351 e. The van der Waals surface area contributed by atoms with Gasteiger partial charge in [0.2, 0.25) is 0 Å². The Morgan fingerprint density at radius 3 is 2.63 bits per heavy atom. The number of benzene rings is 1. The third kappa shape index (κ3) is 4.04. The topological polar surface area (TPSA) is 118 Å². The van der Waals surface area contributed by atoms with Crippen LogP contribution in [0.3, 0.4) is 0 Å². The van der Waals surface area contributed by atoms with Gasteiger partial charge in [0.25, 0.3) is 5.91 Å². The van der Waals surface area contributed by atoms with Crippen molar-refractivity contribution < 1.29 is 23.5 Å². The lowest BCUT2D eigenvalue weighted by Gasteiger charge is -2.29. The van der Waals surface area contributed by atoms with Crippen molar-refractivity contribution in [3.8, 4) is 11.3 Å². The number of likely N-dealkylation sites (tertiary alicyclic amines) is 1. The summed E-state index contributed by atoms with van der Waals surface area (Å²) in [5, 5.41) is 14.0. The van der Waals surface area contributed by atoms with E-state index in [1.165, 1.54) is 12.1 Å². The Labute approximate surface area is 216 Å². The molecule has 0 unspecified atom stereocenters. The van der Waals surface area contributed by atoms with Crippen molar-refractivity contribution in [1.82, 2.24) is 19.5 Å². The number of halogens is 1. The second kappa shape index (κ2) is 9.34. The minimum absolute atomic E-state index is 0.0859. The van der Waals surface area contributed by atoms with E-state index in [9.17, 15) is 19.5 Å². The van der Waals surface area contributed by atoms with E-state index >= 15 is 4.39 Å². The van der Waals surface area contributed by atoms with E-state index in [-0.39, 0.29) is 40.1 Å². The van der Waals surface area contributed by atoms with Crippen LogP contribution in [0.4, 0.5) is 4.39 Å². The first kappa shape index (κ1) is 24.3. The summed E-state index contributed by atoms with van der Waals surface area (Å²) in [5.41, 5.74) is 0.00425. The van der Waals surface area contributed by atoms with E-state index in [2.05, 4.69) is 17.0 Å². The molecule has 3 aromatic heterocycles. The Morgan fingerprint density at radius 1 is 1.08 bits per heavy atom. The van der Waals surface area contributed by atoms with Crippen molar-refractivity contribution in [2.45, 2.75) is 63.8 Å². The van der Waals surface area contributed by atoms with Gasteiger partial charge in [0.1, 0.15) is 11.3 Å². The van der Waals surface area contributed by atoms with Crippen LogP contribution in [0.15, 0.2) is 39.5 Å². The maximum absolute atomic E-state index is 15.6. The number of aromatic carboxylic acids is 1. The molecule has 1 aliphatic carbocycles. The average molecular weight is 519 g/mol. The SMILES string of the molecule is C[C@@H]1CCCCCN1C(=O)c1cc(C2CCC2)n2nc(-c3ccc4cc(C(=O)O)c(=O)oc4c3F)cc2n1. The number of rotatable bonds is 4. The third-order valence-electron chi connectivity index (χ3n) is 7.86. The molecule has 0 bridgehead atoms. The number of hydrogen-bond acceptors (Lipinski definition) is 6. The van der Waals surface area contributed by atoms with Gasteiger partial charge < -0.3 is 14.4 Å². The van der Waals surface area contributed by atoms with Crippen LogP contribution in [0.2, 0.25) is 0 Å². The van der Waals surface area contributed by atoms with E-state index < -0.39 is 23.0 Å². The van der Waals surface area contributed by atoms with Crippen LogP contribution in [0.1, 0.15) is 84.3 Å². The van der Waals surface area contributed by atoms with Crippen LogP contribution < -0.4 is 5.63 Å². The summed E-state index contributed by atoms with van der Waals surface area (Å²) >= 11 is 0. The molecule has 2 aliphatic rings. The summed E-state index contributed by atoms with van der Waals surface area (Å²) in [7, 11) is 0. The van der Waals surface area contributed by atoms with Gasteiger partial charge in [-0.1, -0.05) is 25.3 Å². The Morgan fingerprint density at radius 2 is 1.89 bits per heavy atom. The molecule has 10 heteroatoms. The van der Waals surface area contributed by atoms with Gasteiger partial charge in [0.15, 0.2) is 17.0 Å². The van der Waals surface area contributed by atoms with Crippen LogP contribution in [0, 0.1) is 5.82 Å². The molecule has 1 saturated carbocycles. The standard InChI is InChI=1S/C28H27FN4O5/c1-15-6-3-2-4-11-32(15)26(34)21-13-22(16-7-5-8-16)33-23(30-21)14-20(31-33)18-10-9-17-12-19(27(35)36)28(37)38-25(17)24(18)29/h9-10,12-16H,2-8,11H2,1H3,(H,35,36)/t15-/m1/s1. The fourth-order valence-corrected chi connectivity index (χ4v) is 5.45. The zero-order valence-electron chi connectivity index (χ0n) is 20.9. The van der Waals surface area contributed by atoms with E-state index in [0.29, 0.717) is 17.9 Å². The monoisotopic (exact) mass is 518 g/mol. The number of hydrogen-bond donors (Lipinski definition) is 1. The fraction of sp³-hybridized carbons (Fsp3) is 0.393. The van der Waals surface area contributed by atoms with Crippen LogP contribution in [0.5, 0.6) is 0 Å². The van der Waals surface area contributed by atoms with Gasteiger partial charge >= 0.3 is 11.6 Å². The second-order valence-electron chi connectivity index (χ2n) is 10.3. The molecule has 2 fully saturated rings. The van der Waals surface area contributed by atoms with Crippen molar-refractivity contribution in [2.24, 2.45) is 0 Å². The molecule has 1 N–H and O–H groups in total. The van der Waals surface area contributed by atoms with Crippen molar-refractivity contribution in [3.05, 3.63) is 63.5 Å². The van der Waals surface area contributed by atoms with Gasteiger partial charge in [0.05, 0.1) is 5.69 Å². The largest absolute Gasteiger partial charge is 0.477 e. The Bertz CT molecular complexity index is 1650. The first-order valence-electron chi connectivity index (χ1n) is 13.0. The molecule has 196 valence electrons. The summed E-state index contributed by atoms with van der Waals surface area (Å²) in [4.78, 5) is 43.5. The number of carboxylic acid groups (broad SMARTS) is 1. The van der Waals surface area contributed by atoms with Crippen molar-refractivity contribution in [3.63, 3.8) is 0 Å². The first-order chi connectivity index (χ1) is 18.3. The molecule has 9 nitrogen and oxygen atoms in total.